The monoisotopic (exact) mass is 224 g/mol. The molecule has 5 nitrogen and oxygen atoms in total. The summed E-state index contributed by atoms with van der Waals surface area (Å²) in [5.41, 5.74) is 1.08. The van der Waals surface area contributed by atoms with Gasteiger partial charge in [-0.3, -0.25) is 0 Å². The molecule has 0 aliphatic heterocycles. The molecule has 0 aliphatic rings. The topological polar surface area (TPSA) is 70.1 Å². The van der Waals surface area contributed by atoms with Gasteiger partial charge in [-0.05, 0) is 19.8 Å². The normalized spacial score (nSPS) is 12.2. The first-order valence-electron chi connectivity index (χ1n) is 5.61. The smallest absolute Gasteiger partial charge is 0.134 e. The molecule has 1 atom stereocenters. The van der Waals surface area contributed by atoms with E-state index < -0.39 is 0 Å². The van der Waals surface area contributed by atoms with Gasteiger partial charge in [-0.1, -0.05) is 6.92 Å². The van der Waals surface area contributed by atoms with Crippen LogP contribution in [0.1, 0.15) is 25.8 Å². The van der Waals surface area contributed by atoms with Crippen LogP contribution in [0.2, 0.25) is 0 Å². The minimum atomic E-state index is 0.180. The van der Waals surface area contributed by atoms with Crippen LogP contribution < -0.4 is 10.6 Å². The summed E-state index contributed by atoms with van der Waals surface area (Å²) < 4.78 is 0. The summed E-state index contributed by atoms with van der Waals surface area (Å²) in [6.07, 6.45) is 3.12. The lowest BCUT2D eigenvalue weighted by Crippen LogP contribution is -2.19. The Morgan fingerprint density at radius 1 is 1.38 bits per heavy atom. The Morgan fingerprint density at radius 2 is 2.06 bits per heavy atom. The van der Waals surface area contributed by atoms with E-state index in [0.717, 1.165) is 23.6 Å². The predicted molar refractivity (Wildman–Crippen MR) is 65.7 cm³/mol. The second kappa shape index (κ2) is 6.27. The lowest BCUT2D eigenvalue weighted by Gasteiger charge is -2.17. The average molecular weight is 224 g/mol. The number of aliphatic hydroxyl groups is 1. The van der Waals surface area contributed by atoms with Crippen molar-refractivity contribution in [3.63, 3.8) is 0 Å². The molecular weight excluding hydrogens is 204 g/mol. The van der Waals surface area contributed by atoms with Crippen LogP contribution in [0, 0.1) is 0 Å². The second-order valence-electron chi connectivity index (χ2n) is 3.71. The maximum Gasteiger partial charge on any atom is 0.134 e. The summed E-state index contributed by atoms with van der Waals surface area (Å²) in [6, 6.07) is 0.204. The number of rotatable bonds is 6. The molecule has 0 bridgehead atoms. The van der Waals surface area contributed by atoms with Gasteiger partial charge in [0.15, 0.2) is 0 Å². The van der Waals surface area contributed by atoms with E-state index in [9.17, 15) is 0 Å². The molecule has 1 rings (SSSR count). The van der Waals surface area contributed by atoms with E-state index in [0.29, 0.717) is 6.42 Å². The molecule has 5 heteroatoms. The number of nitrogens with one attached hydrogen (secondary N) is 2. The highest BCUT2D eigenvalue weighted by molar-refractivity contribution is 5.57. The van der Waals surface area contributed by atoms with Crippen LogP contribution in [0.5, 0.6) is 0 Å². The number of anilines is 2. The first-order chi connectivity index (χ1) is 7.72. The van der Waals surface area contributed by atoms with Crippen LogP contribution in [0.3, 0.4) is 0 Å². The highest BCUT2D eigenvalue weighted by Crippen LogP contribution is 2.20. The molecule has 1 aromatic rings. The summed E-state index contributed by atoms with van der Waals surface area (Å²) in [4.78, 5) is 8.41. The number of aromatic nitrogens is 2. The molecule has 0 spiro atoms. The van der Waals surface area contributed by atoms with Gasteiger partial charge in [0, 0.05) is 25.3 Å². The van der Waals surface area contributed by atoms with Gasteiger partial charge >= 0.3 is 0 Å². The Balaban J connectivity index is 2.86. The number of aliphatic hydroxyl groups excluding tert-OH is 1. The van der Waals surface area contributed by atoms with Gasteiger partial charge in [-0.2, -0.15) is 0 Å². The van der Waals surface area contributed by atoms with E-state index in [1.165, 1.54) is 0 Å². The molecule has 16 heavy (non-hydrogen) atoms. The highest BCUT2D eigenvalue weighted by atomic mass is 16.3. The lowest BCUT2D eigenvalue weighted by atomic mass is 10.2. The minimum Gasteiger partial charge on any atom is -0.396 e. The summed E-state index contributed by atoms with van der Waals surface area (Å²) >= 11 is 0. The number of nitrogens with zero attached hydrogens (tertiary/aromatic N) is 2. The second-order valence-corrected chi connectivity index (χ2v) is 3.71. The molecule has 3 N–H and O–H groups in total. The minimum absolute atomic E-state index is 0.180. The van der Waals surface area contributed by atoms with E-state index in [-0.39, 0.29) is 12.6 Å². The van der Waals surface area contributed by atoms with Crippen LogP contribution in [0.4, 0.5) is 11.6 Å². The third-order valence-electron chi connectivity index (χ3n) is 2.48. The molecule has 1 unspecified atom stereocenters. The van der Waals surface area contributed by atoms with Crippen LogP contribution in [0.25, 0.3) is 0 Å². The van der Waals surface area contributed by atoms with Crippen molar-refractivity contribution in [1.29, 1.82) is 0 Å². The van der Waals surface area contributed by atoms with E-state index in [1.807, 2.05) is 14.0 Å². The van der Waals surface area contributed by atoms with Crippen molar-refractivity contribution in [2.75, 3.05) is 24.3 Å². The molecule has 90 valence electrons. The molecule has 1 heterocycles. The van der Waals surface area contributed by atoms with Crippen molar-refractivity contribution in [1.82, 2.24) is 9.97 Å². The third kappa shape index (κ3) is 3.06. The van der Waals surface area contributed by atoms with Gasteiger partial charge < -0.3 is 15.7 Å². The molecular formula is C11H20N4O. The summed E-state index contributed by atoms with van der Waals surface area (Å²) in [7, 11) is 1.85. The third-order valence-corrected chi connectivity index (χ3v) is 2.48. The van der Waals surface area contributed by atoms with E-state index in [4.69, 9.17) is 5.11 Å². The molecule has 0 aromatic carbocycles. The lowest BCUT2D eigenvalue weighted by molar-refractivity contribution is 0.282. The SMILES string of the molecule is CCc1c(NC)ncnc1NC(C)CCO. The first kappa shape index (κ1) is 12.7. The van der Waals surface area contributed by atoms with Gasteiger partial charge in [0.25, 0.3) is 0 Å². The van der Waals surface area contributed by atoms with E-state index >= 15 is 0 Å². The van der Waals surface area contributed by atoms with Crippen molar-refractivity contribution in [3.05, 3.63) is 11.9 Å². The molecule has 0 fully saturated rings. The molecule has 0 amide bonds. The Kier molecular flexibility index (Phi) is 4.98. The molecule has 0 radical (unpaired) electrons. The first-order valence-corrected chi connectivity index (χ1v) is 5.61. The Morgan fingerprint density at radius 3 is 2.62 bits per heavy atom. The zero-order chi connectivity index (χ0) is 12.0. The number of hydrogen-bond acceptors (Lipinski definition) is 5. The van der Waals surface area contributed by atoms with Crippen molar-refractivity contribution >= 4 is 11.6 Å². The fourth-order valence-electron chi connectivity index (χ4n) is 1.59. The van der Waals surface area contributed by atoms with Crippen LogP contribution >= 0.6 is 0 Å². The maximum atomic E-state index is 8.86. The van der Waals surface area contributed by atoms with Gasteiger partial charge in [0.2, 0.25) is 0 Å². The standard InChI is InChI=1S/C11H20N4O/c1-4-9-10(12-3)13-7-14-11(9)15-8(2)5-6-16/h7-8,16H,4-6H2,1-3H3,(H2,12,13,14,15). The maximum absolute atomic E-state index is 8.86. The summed E-state index contributed by atoms with van der Waals surface area (Å²) in [5, 5.41) is 15.2. The number of hydrogen-bond donors (Lipinski definition) is 3. The quantitative estimate of drug-likeness (QED) is 0.678. The average Bonchev–Trinajstić information content (AvgIpc) is 2.29. The Hall–Kier alpha value is -1.36. The van der Waals surface area contributed by atoms with Crippen LogP contribution in [-0.2, 0) is 6.42 Å². The Bertz CT molecular complexity index is 330. The fraction of sp³-hybridized carbons (Fsp3) is 0.636. The molecule has 1 aromatic heterocycles. The molecule has 0 saturated carbocycles. The summed E-state index contributed by atoms with van der Waals surface area (Å²) in [6.45, 7) is 4.28. The predicted octanol–water partition coefficient (Wildman–Crippen LogP) is 1.26. The summed E-state index contributed by atoms with van der Waals surface area (Å²) in [5.74, 6) is 1.71. The van der Waals surface area contributed by atoms with Crippen LogP contribution in [0.15, 0.2) is 6.33 Å². The largest absolute Gasteiger partial charge is 0.396 e. The molecule has 0 saturated heterocycles. The zero-order valence-electron chi connectivity index (χ0n) is 10.1. The van der Waals surface area contributed by atoms with Crippen molar-refractivity contribution in [2.24, 2.45) is 0 Å². The van der Waals surface area contributed by atoms with Crippen molar-refractivity contribution in [3.8, 4) is 0 Å². The van der Waals surface area contributed by atoms with Crippen molar-refractivity contribution < 1.29 is 5.11 Å². The van der Waals surface area contributed by atoms with Crippen LogP contribution in [-0.4, -0.2) is 34.8 Å². The molecule has 0 aliphatic carbocycles. The van der Waals surface area contributed by atoms with E-state index in [1.54, 1.807) is 6.33 Å². The van der Waals surface area contributed by atoms with Gasteiger partial charge in [-0.15, -0.1) is 0 Å². The van der Waals surface area contributed by atoms with E-state index in [2.05, 4.69) is 27.5 Å². The van der Waals surface area contributed by atoms with Gasteiger partial charge in [0.1, 0.15) is 18.0 Å². The fourth-order valence-corrected chi connectivity index (χ4v) is 1.59. The van der Waals surface area contributed by atoms with Gasteiger partial charge in [-0.25, -0.2) is 9.97 Å². The van der Waals surface area contributed by atoms with Gasteiger partial charge in [0.05, 0.1) is 0 Å². The highest BCUT2D eigenvalue weighted by Gasteiger charge is 2.10. The Labute approximate surface area is 96.3 Å². The zero-order valence-corrected chi connectivity index (χ0v) is 10.1. The van der Waals surface area contributed by atoms with Crippen molar-refractivity contribution in [2.45, 2.75) is 32.7 Å².